The summed E-state index contributed by atoms with van der Waals surface area (Å²) in [5, 5.41) is 9.46. The second-order valence-corrected chi connectivity index (χ2v) is 4.93. The highest BCUT2D eigenvalue weighted by Gasteiger charge is 2.11. The van der Waals surface area contributed by atoms with E-state index in [-0.39, 0.29) is 17.1 Å². The van der Waals surface area contributed by atoms with E-state index in [0.717, 1.165) is 5.56 Å². The zero-order valence-corrected chi connectivity index (χ0v) is 11.0. The van der Waals surface area contributed by atoms with E-state index < -0.39 is 0 Å². The SMILES string of the molecule is CC(C)c1ccc(Br)c(O)c(=O)c1Br. The van der Waals surface area contributed by atoms with Gasteiger partial charge in [0.05, 0.1) is 8.95 Å². The van der Waals surface area contributed by atoms with Crippen molar-refractivity contribution in [2.45, 2.75) is 19.8 Å². The van der Waals surface area contributed by atoms with Gasteiger partial charge in [0.15, 0.2) is 5.75 Å². The largest absolute Gasteiger partial charge is 0.503 e. The van der Waals surface area contributed by atoms with Crippen molar-refractivity contribution in [1.29, 1.82) is 0 Å². The van der Waals surface area contributed by atoms with Gasteiger partial charge in [0.2, 0.25) is 5.43 Å². The fraction of sp³-hybridized carbons (Fsp3) is 0.300. The average molecular weight is 322 g/mol. The number of aromatic hydroxyl groups is 1. The minimum Gasteiger partial charge on any atom is -0.503 e. The second-order valence-electron chi connectivity index (χ2n) is 3.28. The van der Waals surface area contributed by atoms with Crippen LogP contribution in [0.1, 0.15) is 25.3 Å². The molecule has 0 atom stereocenters. The number of hydrogen-bond acceptors (Lipinski definition) is 2. The van der Waals surface area contributed by atoms with E-state index in [2.05, 4.69) is 31.9 Å². The molecule has 0 aliphatic carbocycles. The molecule has 0 aliphatic rings. The topological polar surface area (TPSA) is 37.3 Å². The molecule has 1 aromatic carbocycles. The average Bonchev–Trinajstić information content (AvgIpc) is 2.21. The molecular weight excluding hydrogens is 312 g/mol. The minimum absolute atomic E-state index is 0.232. The van der Waals surface area contributed by atoms with E-state index in [1.165, 1.54) is 0 Å². The lowest BCUT2D eigenvalue weighted by atomic mass is 10.1. The van der Waals surface area contributed by atoms with Gasteiger partial charge < -0.3 is 5.11 Å². The van der Waals surface area contributed by atoms with Crippen LogP contribution in [0, 0.1) is 0 Å². The van der Waals surface area contributed by atoms with Crippen LogP contribution in [0.3, 0.4) is 0 Å². The van der Waals surface area contributed by atoms with E-state index in [9.17, 15) is 9.90 Å². The first-order chi connectivity index (χ1) is 6.45. The molecule has 0 fully saturated rings. The molecule has 76 valence electrons. The Morgan fingerprint density at radius 3 is 2.36 bits per heavy atom. The van der Waals surface area contributed by atoms with Crippen molar-refractivity contribution in [3.05, 3.63) is 36.9 Å². The van der Waals surface area contributed by atoms with Crippen LogP contribution in [-0.2, 0) is 0 Å². The Labute approximate surface area is 99.2 Å². The molecule has 0 radical (unpaired) electrons. The van der Waals surface area contributed by atoms with E-state index in [4.69, 9.17) is 0 Å². The summed E-state index contributed by atoms with van der Waals surface area (Å²) in [5.41, 5.74) is 0.501. The van der Waals surface area contributed by atoms with Gasteiger partial charge in [-0.15, -0.1) is 0 Å². The Morgan fingerprint density at radius 1 is 1.29 bits per heavy atom. The van der Waals surface area contributed by atoms with Crippen molar-refractivity contribution in [2.75, 3.05) is 0 Å². The van der Waals surface area contributed by atoms with Gasteiger partial charge in [0, 0.05) is 0 Å². The van der Waals surface area contributed by atoms with Crippen LogP contribution in [0.5, 0.6) is 5.75 Å². The van der Waals surface area contributed by atoms with Gasteiger partial charge >= 0.3 is 0 Å². The molecule has 0 bridgehead atoms. The van der Waals surface area contributed by atoms with Crippen molar-refractivity contribution in [2.24, 2.45) is 0 Å². The summed E-state index contributed by atoms with van der Waals surface area (Å²) in [4.78, 5) is 11.6. The van der Waals surface area contributed by atoms with Gasteiger partial charge in [-0.2, -0.15) is 0 Å². The third kappa shape index (κ3) is 2.17. The van der Waals surface area contributed by atoms with Gasteiger partial charge in [0.25, 0.3) is 0 Å². The van der Waals surface area contributed by atoms with Crippen LogP contribution < -0.4 is 5.43 Å². The van der Waals surface area contributed by atoms with Crippen LogP contribution in [0.15, 0.2) is 25.9 Å². The first-order valence-electron chi connectivity index (χ1n) is 4.16. The van der Waals surface area contributed by atoms with Crippen molar-refractivity contribution in [1.82, 2.24) is 0 Å². The Kier molecular flexibility index (Phi) is 3.72. The molecule has 2 nitrogen and oxygen atoms in total. The van der Waals surface area contributed by atoms with Gasteiger partial charge in [-0.05, 0) is 49.4 Å². The van der Waals surface area contributed by atoms with Gasteiger partial charge in [-0.3, -0.25) is 4.79 Å². The highest BCUT2D eigenvalue weighted by Crippen LogP contribution is 2.26. The van der Waals surface area contributed by atoms with Gasteiger partial charge in [0.1, 0.15) is 0 Å². The molecule has 14 heavy (non-hydrogen) atoms. The summed E-state index contributed by atoms with van der Waals surface area (Å²) >= 11 is 6.33. The van der Waals surface area contributed by atoms with E-state index in [1.54, 1.807) is 6.07 Å². The van der Waals surface area contributed by atoms with Crippen molar-refractivity contribution in [3.8, 4) is 5.75 Å². The molecular formula is C10H10Br2O2. The molecule has 0 saturated carbocycles. The first-order valence-corrected chi connectivity index (χ1v) is 5.75. The smallest absolute Gasteiger partial charge is 0.235 e. The molecule has 1 rings (SSSR count). The summed E-state index contributed by atoms with van der Waals surface area (Å²) < 4.78 is 0.839. The lowest BCUT2D eigenvalue weighted by molar-refractivity contribution is 0.467. The lowest BCUT2D eigenvalue weighted by Gasteiger charge is -2.02. The first kappa shape index (κ1) is 11.7. The van der Waals surface area contributed by atoms with Crippen molar-refractivity contribution < 1.29 is 5.11 Å². The fourth-order valence-corrected chi connectivity index (χ4v) is 2.19. The summed E-state index contributed by atoms with van der Waals surface area (Å²) in [7, 11) is 0. The highest BCUT2D eigenvalue weighted by atomic mass is 79.9. The van der Waals surface area contributed by atoms with E-state index >= 15 is 0 Å². The third-order valence-electron chi connectivity index (χ3n) is 1.93. The van der Waals surface area contributed by atoms with Crippen LogP contribution in [0.25, 0.3) is 0 Å². The molecule has 0 aromatic heterocycles. The highest BCUT2D eigenvalue weighted by molar-refractivity contribution is 9.11. The summed E-state index contributed by atoms with van der Waals surface area (Å²) in [6.07, 6.45) is 0. The standard InChI is InChI=1S/C10H10Br2O2/c1-5(2)6-3-4-7(11)9(13)10(14)8(6)12/h3-5H,1-2H3,(H,13,14). The Bertz CT molecular complexity index is 414. The van der Waals surface area contributed by atoms with Crippen LogP contribution in [0.4, 0.5) is 0 Å². The molecule has 0 amide bonds. The Hall–Kier alpha value is -0.350. The molecule has 0 aliphatic heterocycles. The number of rotatable bonds is 1. The summed E-state index contributed by atoms with van der Waals surface area (Å²) in [5.74, 6) is -0.0282. The quantitative estimate of drug-likeness (QED) is 0.860. The molecule has 1 aromatic rings. The zero-order chi connectivity index (χ0) is 10.9. The van der Waals surface area contributed by atoms with Gasteiger partial charge in [-0.25, -0.2) is 0 Å². The van der Waals surface area contributed by atoms with E-state index in [1.807, 2.05) is 19.9 Å². The maximum Gasteiger partial charge on any atom is 0.235 e. The van der Waals surface area contributed by atoms with Crippen LogP contribution in [0.2, 0.25) is 0 Å². The molecule has 0 unspecified atom stereocenters. The van der Waals surface area contributed by atoms with Gasteiger partial charge in [-0.1, -0.05) is 19.9 Å². The lowest BCUT2D eigenvalue weighted by Crippen LogP contribution is -2.01. The summed E-state index contributed by atoms with van der Waals surface area (Å²) in [6.45, 7) is 3.98. The molecule has 1 N–H and O–H groups in total. The van der Waals surface area contributed by atoms with Crippen LogP contribution >= 0.6 is 31.9 Å². The molecule has 0 spiro atoms. The van der Waals surface area contributed by atoms with E-state index in [0.29, 0.717) is 8.95 Å². The predicted octanol–water partition coefficient (Wildman–Crippen LogP) is 3.40. The second kappa shape index (κ2) is 4.45. The molecule has 0 saturated heterocycles. The van der Waals surface area contributed by atoms with Crippen LogP contribution in [-0.4, -0.2) is 5.11 Å². The van der Waals surface area contributed by atoms with Crippen molar-refractivity contribution in [3.63, 3.8) is 0 Å². The zero-order valence-electron chi connectivity index (χ0n) is 7.84. The minimum atomic E-state index is -0.384. The maximum absolute atomic E-state index is 11.6. The molecule has 4 heteroatoms. The van der Waals surface area contributed by atoms with Crippen molar-refractivity contribution >= 4 is 31.9 Å². The number of halogens is 2. The number of hydrogen-bond donors (Lipinski definition) is 1. The normalized spacial score (nSPS) is 10.6. The molecule has 0 heterocycles. The fourth-order valence-electron chi connectivity index (χ4n) is 1.10. The monoisotopic (exact) mass is 320 g/mol. The Balaban J connectivity index is 3.63. The maximum atomic E-state index is 11.6. The predicted molar refractivity (Wildman–Crippen MR) is 63.9 cm³/mol. The Morgan fingerprint density at radius 2 is 1.86 bits per heavy atom. The summed E-state index contributed by atoms with van der Waals surface area (Å²) in [6, 6.07) is 3.50. The third-order valence-corrected chi connectivity index (χ3v) is 3.38.